The van der Waals surface area contributed by atoms with Gasteiger partial charge in [-0.1, -0.05) is 46.3 Å². The van der Waals surface area contributed by atoms with E-state index in [1.807, 2.05) is 30.3 Å². The van der Waals surface area contributed by atoms with Gasteiger partial charge in [0.05, 0.1) is 6.42 Å². The molecule has 0 spiro atoms. The molecule has 0 aromatic heterocycles. The zero-order valence-electron chi connectivity index (χ0n) is 16.7. The number of anilines is 1. The molecule has 0 fully saturated rings. The molecule has 3 aromatic carbocycles. The molecular formula is C24H22BrN3O3. The van der Waals surface area contributed by atoms with E-state index < -0.39 is 0 Å². The summed E-state index contributed by atoms with van der Waals surface area (Å²) >= 11 is 3.37. The Morgan fingerprint density at radius 1 is 0.677 bits per heavy atom. The van der Waals surface area contributed by atoms with E-state index in [0.29, 0.717) is 29.9 Å². The Kier molecular flexibility index (Phi) is 7.95. The van der Waals surface area contributed by atoms with Crippen molar-refractivity contribution in [1.29, 1.82) is 0 Å². The van der Waals surface area contributed by atoms with Crippen LogP contribution in [0.5, 0.6) is 0 Å². The van der Waals surface area contributed by atoms with Gasteiger partial charge >= 0.3 is 0 Å². The van der Waals surface area contributed by atoms with Crippen molar-refractivity contribution in [2.24, 2.45) is 0 Å². The molecule has 0 saturated heterocycles. The summed E-state index contributed by atoms with van der Waals surface area (Å²) in [6, 6.07) is 23.1. The summed E-state index contributed by atoms with van der Waals surface area (Å²) in [5, 5.41) is 8.34. The van der Waals surface area contributed by atoms with Gasteiger partial charge in [-0.25, -0.2) is 0 Å². The molecule has 3 rings (SSSR count). The molecule has 0 atom stereocenters. The van der Waals surface area contributed by atoms with Gasteiger partial charge in [-0.15, -0.1) is 0 Å². The summed E-state index contributed by atoms with van der Waals surface area (Å²) in [5.41, 5.74) is 2.58. The van der Waals surface area contributed by atoms with Crippen LogP contribution in [0.3, 0.4) is 0 Å². The second kappa shape index (κ2) is 11.1. The fourth-order valence-electron chi connectivity index (χ4n) is 2.84. The van der Waals surface area contributed by atoms with Gasteiger partial charge in [0.2, 0.25) is 5.91 Å². The Hall–Kier alpha value is -3.45. The van der Waals surface area contributed by atoms with Crippen molar-refractivity contribution in [2.75, 3.05) is 18.4 Å². The number of halogens is 1. The first-order chi connectivity index (χ1) is 15.0. The van der Waals surface area contributed by atoms with Crippen LogP contribution < -0.4 is 16.0 Å². The van der Waals surface area contributed by atoms with Gasteiger partial charge in [0.15, 0.2) is 0 Å². The lowest BCUT2D eigenvalue weighted by atomic mass is 10.1. The smallest absolute Gasteiger partial charge is 0.251 e. The van der Waals surface area contributed by atoms with Crippen LogP contribution >= 0.6 is 15.9 Å². The number of hydrogen-bond acceptors (Lipinski definition) is 3. The average molecular weight is 480 g/mol. The molecule has 3 amide bonds. The maximum atomic E-state index is 12.2. The van der Waals surface area contributed by atoms with Crippen LogP contribution in [-0.2, 0) is 11.2 Å². The lowest BCUT2D eigenvalue weighted by molar-refractivity contribution is -0.115. The van der Waals surface area contributed by atoms with Crippen molar-refractivity contribution < 1.29 is 14.4 Å². The second-order valence-corrected chi connectivity index (χ2v) is 7.72. The van der Waals surface area contributed by atoms with Crippen molar-refractivity contribution in [3.05, 3.63) is 100 Å². The number of hydrogen-bond donors (Lipinski definition) is 3. The lowest BCUT2D eigenvalue weighted by Gasteiger charge is -2.09. The molecule has 0 bridgehead atoms. The van der Waals surface area contributed by atoms with Gasteiger partial charge in [0.1, 0.15) is 0 Å². The zero-order chi connectivity index (χ0) is 22.1. The first-order valence-electron chi connectivity index (χ1n) is 9.77. The number of rotatable bonds is 8. The van der Waals surface area contributed by atoms with Gasteiger partial charge in [0, 0.05) is 34.4 Å². The van der Waals surface area contributed by atoms with Crippen molar-refractivity contribution in [1.82, 2.24) is 10.6 Å². The highest BCUT2D eigenvalue weighted by Gasteiger charge is 2.08. The number of carbonyl (C=O) groups is 3. The van der Waals surface area contributed by atoms with Crippen molar-refractivity contribution in [3.8, 4) is 0 Å². The van der Waals surface area contributed by atoms with E-state index >= 15 is 0 Å². The second-order valence-electron chi connectivity index (χ2n) is 6.81. The van der Waals surface area contributed by atoms with Gasteiger partial charge in [-0.3, -0.25) is 14.4 Å². The molecule has 6 nitrogen and oxygen atoms in total. The Morgan fingerprint density at radius 3 is 1.81 bits per heavy atom. The van der Waals surface area contributed by atoms with E-state index in [1.54, 1.807) is 48.5 Å². The first kappa shape index (κ1) is 22.2. The van der Waals surface area contributed by atoms with E-state index in [1.165, 1.54) is 0 Å². The minimum Gasteiger partial charge on any atom is -0.350 e. The summed E-state index contributed by atoms with van der Waals surface area (Å²) < 4.78 is 0.962. The molecule has 0 radical (unpaired) electrons. The topological polar surface area (TPSA) is 87.3 Å². The predicted octanol–water partition coefficient (Wildman–Crippen LogP) is 3.79. The molecule has 3 aromatic rings. The molecule has 158 valence electrons. The third kappa shape index (κ3) is 7.08. The Morgan fingerprint density at radius 2 is 1.23 bits per heavy atom. The predicted molar refractivity (Wildman–Crippen MR) is 124 cm³/mol. The summed E-state index contributed by atoms with van der Waals surface area (Å²) in [6.45, 7) is 0.632. The highest BCUT2D eigenvalue weighted by atomic mass is 79.9. The van der Waals surface area contributed by atoms with E-state index in [-0.39, 0.29) is 24.1 Å². The van der Waals surface area contributed by atoms with Crippen LogP contribution in [0.1, 0.15) is 26.3 Å². The van der Waals surface area contributed by atoms with Gasteiger partial charge in [0.25, 0.3) is 11.8 Å². The number of benzene rings is 3. The van der Waals surface area contributed by atoms with Crippen LogP contribution in [0.15, 0.2) is 83.3 Å². The normalized spacial score (nSPS) is 10.2. The third-order valence-corrected chi connectivity index (χ3v) is 4.97. The Balaban J connectivity index is 1.41. The van der Waals surface area contributed by atoms with Gasteiger partial charge < -0.3 is 16.0 Å². The number of carbonyl (C=O) groups excluding carboxylic acids is 3. The van der Waals surface area contributed by atoms with Gasteiger partial charge in [-0.2, -0.15) is 0 Å². The molecule has 0 aliphatic heterocycles. The first-order valence-corrected chi connectivity index (χ1v) is 10.6. The van der Waals surface area contributed by atoms with E-state index in [4.69, 9.17) is 0 Å². The lowest BCUT2D eigenvalue weighted by Crippen LogP contribution is -2.34. The summed E-state index contributed by atoms with van der Waals surface area (Å²) in [5.74, 6) is -0.562. The minimum atomic E-state index is -0.248. The summed E-state index contributed by atoms with van der Waals surface area (Å²) in [4.78, 5) is 36.4. The molecule has 0 aliphatic rings. The van der Waals surface area contributed by atoms with Crippen LogP contribution in [0.2, 0.25) is 0 Å². The van der Waals surface area contributed by atoms with E-state index in [9.17, 15) is 14.4 Å². The highest BCUT2D eigenvalue weighted by Crippen LogP contribution is 2.13. The van der Waals surface area contributed by atoms with Crippen LogP contribution in [-0.4, -0.2) is 30.8 Å². The fraction of sp³-hybridized carbons (Fsp3) is 0.125. The molecule has 0 heterocycles. The maximum absolute atomic E-state index is 12.2. The SMILES string of the molecule is O=C(Cc1ccc(Br)cc1)Nc1ccc(C(=O)NCCNC(=O)c2ccccc2)cc1. The largest absolute Gasteiger partial charge is 0.350 e. The van der Waals surface area contributed by atoms with Gasteiger partial charge in [-0.05, 0) is 54.1 Å². The van der Waals surface area contributed by atoms with Crippen molar-refractivity contribution in [3.63, 3.8) is 0 Å². The summed E-state index contributed by atoms with van der Waals surface area (Å²) in [7, 11) is 0. The quantitative estimate of drug-likeness (QED) is 0.429. The molecule has 0 aliphatic carbocycles. The molecule has 7 heteroatoms. The summed E-state index contributed by atoms with van der Waals surface area (Å²) in [6.07, 6.45) is 0.268. The molecular weight excluding hydrogens is 458 g/mol. The average Bonchev–Trinajstić information content (AvgIpc) is 2.79. The Bertz CT molecular complexity index is 1040. The van der Waals surface area contributed by atoms with E-state index in [0.717, 1.165) is 10.0 Å². The van der Waals surface area contributed by atoms with Crippen LogP contribution in [0.4, 0.5) is 5.69 Å². The highest BCUT2D eigenvalue weighted by molar-refractivity contribution is 9.10. The maximum Gasteiger partial charge on any atom is 0.251 e. The monoisotopic (exact) mass is 479 g/mol. The molecule has 31 heavy (non-hydrogen) atoms. The van der Waals surface area contributed by atoms with Crippen molar-refractivity contribution in [2.45, 2.75) is 6.42 Å². The fourth-order valence-corrected chi connectivity index (χ4v) is 3.11. The van der Waals surface area contributed by atoms with Crippen molar-refractivity contribution >= 4 is 39.3 Å². The van der Waals surface area contributed by atoms with E-state index in [2.05, 4.69) is 31.9 Å². The minimum absolute atomic E-state index is 0.131. The zero-order valence-corrected chi connectivity index (χ0v) is 18.3. The van der Waals surface area contributed by atoms with Crippen LogP contribution in [0, 0.1) is 0 Å². The third-order valence-electron chi connectivity index (χ3n) is 4.44. The number of nitrogens with one attached hydrogen (secondary N) is 3. The molecule has 3 N–H and O–H groups in total. The van der Waals surface area contributed by atoms with Crippen LogP contribution in [0.25, 0.3) is 0 Å². The Labute approximate surface area is 189 Å². The molecule has 0 saturated carbocycles. The standard InChI is InChI=1S/C24H22BrN3O3/c25-20-10-6-17(7-11-20)16-22(29)28-21-12-8-19(9-13-21)24(31)27-15-14-26-23(30)18-4-2-1-3-5-18/h1-13H,14-16H2,(H,26,30)(H,27,31)(H,28,29). The number of amides is 3. The molecule has 0 unspecified atom stereocenters.